The summed E-state index contributed by atoms with van der Waals surface area (Å²) >= 11 is 0. The van der Waals surface area contributed by atoms with Gasteiger partial charge in [0.05, 0.1) is 12.1 Å². The first kappa shape index (κ1) is 16.1. The van der Waals surface area contributed by atoms with E-state index < -0.39 is 0 Å². The summed E-state index contributed by atoms with van der Waals surface area (Å²) in [5.74, 6) is 0.957. The Morgan fingerprint density at radius 3 is 2.67 bits per heavy atom. The minimum absolute atomic E-state index is 0.0284. The Hall–Kier alpha value is -2.73. The molecule has 0 aliphatic carbocycles. The van der Waals surface area contributed by atoms with Gasteiger partial charge in [0.25, 0.3) is 0 Å². The highest BCUT2D eigenvalue weighted by atomic mass is 19.1. The lowest BCUT2D eigenvalue weighted by atomic mass is 10.1. The van der Waals surface area contributed by atoms with E-state index in [1.54, 1.807) is 6.07 Å². The summed E-state index contributed by atoms with van der Waals surface area (Å²) in [6, 6.07) is 14.2. The van der Waals surface area contributed by atoms with Gasteiger partial charge in [0.15, 0.2) is 0 Å². The molecular weight excluding hydrogens is 307 g/mol. The molecule has 0 atom stereocenters. The van der Waals surface area contributed by atoms with E-state index in [-0.39, 0.29) is 12.4 Å². The SMILES string of the molecule is OCCNc1nc(NCCc2cccc(F)c2)nc2ccccc12. The van der Waals surface area contributed by atoms with Crippen LogP contribution in [-0.4, -0.2) is 34.8 Å². The van der Waals surface area contributed by atoms with Gasteiger partial charge in [0, 0.05) is 18.5 Å². The van der Waals surface area contributed by atoms with E-state index in [2.05, 4.69) is 20.6 Å². The van der Waals surface area contributed by atoms with Crippen LogP contribution in [0.25, 0.3) is 10.9 Å². The second kappa shape index (κ2) is 7.70. The lowest BCUT2D eigenvalue weighted by molar-refractivity contribution is 0.311. The quantitative estimate of drug-likeness (QED) is 0.623. The fraction of sp³-hybridized carbons (Fsp3) is 0.222. The van der Waals surface area contributed by atoms with Crippen molar-refractivity contribution in [2.75, 3.05) is 30.3 Å². The number of benzene rings is 2. The number of halogens is 1. The Balaban J connectivity index is 1.74. The number of anilines is 2. The first-order valence-electron chi connectivity index (χ1n) is 7.86. The number of para-hydroxylation sites is 1. The predicted molar refractivity (Wildman–Crippen MR) is 93.7 cm³/mol. The molecule has 0 radical (unpaired) electrons. The van der Waals surface area contributed by atoms with Crippen molar-refractivity contribution in [1.29, 1.82) is 0 Å². The van der Waals surface area contributed by atoms with Gasteiger partial charge in [-0.05, 0) is 36.2 Å². The van der Waals surface area contributed by atoms with Crippen molar-refractivity contribution >= 4 is 22.7 Å². The van der Waals surface area contributed by atoms with Crippen molar-refractivity contribution in [2.45, 2.75) is 6.42 Å². The highest BCUT2D eigenvalue weighted by Crippen LogP contribution is 2.21. The second-order valence-electron chi connectivity index (χ2n) is 5.37. The van der Waals surface area contributed by atoms with Crippen LogP contribution in [0.2, 0.25) is 0 Å². The van der Waals surface area contributed by atoms with Crippen LogP contribution < -0.4 is 10.6 Å². The maximum Gasteiger partial charge on any atom is 0.225 e. The van der Waals surface area contributed by atoms with Crippen molar-refractivity contribution in [2.24, 2.45) is 0 Å². The fourth-order valence-corrected chi connectivity index (χ4v) is 2.48. The van der Waals surface area contributed by atoms with E-state index in [1.165, 1.54) is 12.1 Å². The van der Waals surface area contributed by atoms with Crippen LogP contribution in [0, 0.1) is 5.82 Å². The Bertz CT molecular complexity index is 825. The van der Waals surface area contributed by atoms with E-state index >= 15 is 0 Å². The largest absolute Gasteiger partial charge is 0.395 e. The van der Waals surface area contributed by atoms with Crippen LogP contribution in [0.5, 0.6) is 0 Å². The summed E-state index contributed by atoms with van der Waals surface area (Å²) in [5.41, 5.74) is 1.74. The molecule has 3 rings (SSSR count). The molecule has 6 heteroatoms. The first-order chi connectivity index (χ1) is 11.8. The zero-order valence-electron chi connectivity index (χ0n) is 13.2. The molecule has 0 spiro atoms. The lowest BCUT2D eigenvalue weighted by Gasteiger charge is -2.11. The topological polar surface area (TPSA) is 70.1 Å². The molecule has 0 aliphatic rings. The average Bonchev–Trinajstić information content (AvgIpc) is 2.60. The number of aliphatic hydroxyl groups excluding tert-OH is 1. The molecule has 0 unspecified atom stereocenters. The van der Waals surface area contributed by atoms with Crippen LogP contribution in [0.4, 0.5) is 16.2 Å². The third-order valence-electron chi connectivity index (χ3n) is 3.59. The van der Waals surface area contributed by atoms with E-state index in [1.807, 2.05) is 30.3 Å². The van der Waals surface area contributed by atoms with Crippen LogP contribution in [0.1, 0.15) is 5.56 Å². The molecule has 24 heavy (non-hydrogen) atoms. The molecule has 0 saturated heterocycles. The smallest absolute Gasteiger partial charge is 0.225 e. The van der Waals surface area contributed by atoms with Crippen LogP contribution in [0.15, 0.2) is 48.5 Å². The number of hydrogen-bond donors (Lipinski definition) is 3. The maximum atomic E-state index is 13.2. The van der Waals surface area contributed by atoms with Crippen LogP contribution >= 0.6 is 0 Å². The minimum Gasteiger partial charge on any atom is -0.395 e. The summed E-state index contributed by atoms with van der Waals surface area (Å²) in [4.78, 5) is 8.96. The molecule has 1 heterocycles. The zero-order chi connectivity index (χ0) is 16.8. The van der Waals surface area contributed by atoms with Crippen molar-refractivity contribution in [3.63, 3.8) is 0 Å². The van der Waals surface area contributed by atoms with E-state index in [9.17, 15) is 4.39 Å². The Morgan fingerprint density at radius 2 is 1.83 bits per heavy atom. The predicted octanol–water partition coefficient (Wildman–Crippen LogP) is 2.83. The summed E-state index contributed by atoms with van der Waals surface area (Å²) in [7, 11) is 0. The second-order valence-corrected chi connectivity index (χ2v) is 5.37. The molecule has 0 bridgehead atoms. The van der Waals surface area contributed by atoms with Gasteiger partial charge in [-0.15, -0.1) is 0 Å². The van der Waals surface area contributed by atoms with Gasteiger partial charge in [-0.1, -0.05) is 24.3 Å². The standard InChI is InChI=1S/C18H19FN4O/c19-14-5-3-4-13(12-14)8-9-21-18-22-16-7-2-1-6-15(16)17(23-18)20-10-11-24/h1-7,12,24H,8-11H2,(H2,20,21,22,23). The highest BCUT2D eigenvalue weighted by molar-refractivity contribution is 5.89. The molecule has 0 aliphatic heterocycles. The Kier molecular flexibility index (Phi) is 5.18. The minimum atomic E-state index is -0.232. The van der Waals surface area contributed by atoms with Crippen molar-refractivity contribution < 1.29 is 9.50 Å². The van der Waals surface area contributed by atoms with Crippen LogP contribution in [-0.2, 0) is 6.42 Å². The summed E-state index contributed by atoms with van der Waals surface area (Å²) in [6.45, 7) is 1.05. The molecule has 0 fully saturated rings. The normalized spacial score (nSPS) is 10.8. The number of fused-ring (bicyclic) bond motifs is 1. The highest BCUT2D eigenvalue weighted by Gasteiger charge is 2.07. The first-order valence-corrected chi connectivity index (χ1v) is 7.86. The molecule has 0 amide bonds. The number of aliphatic hydroxyl groups is 1. The van der Waals surface area contributed by atoms with Gasteiger partial charge in [-0.25, -0.2) is 9.37 Å². The molecule has 1 aromatic heterocycles. The van der Waals surface area contributed by atoms with Crippen molar-refractivity contribution in [3.05, 3.63) is 59.9 Å². The number of nitrogens with zero attached hydrogens (tertiary/aromatic N) is 2. The van der Waals surface area contributed by atoms with E-state index in [0.717, 1.165) is 16.5 Å². The molecule has 3 N–H and O–H groups in total. The number of aromatic nitrogens is 2. The number of nitrogens with one attached hydrogen (secondary N) is 2. The summed E-state index contributed by atoms with van der Waals surface area (Å²) in [6.07, 6.45) is 0.674. The van der Waals surface area contributed by atoms with Crippen molar-refractivity contribution in [3.8, 4) is 0 Å². The third-order valence-corrected chi connectivity index (χ3v) is 3.59. The fourth-order valence-electron chi connectivity index (χ4n) is 2.48. The molecular formula is C18H19FN4O. The average molecular weight is 326 g/mol. The zero-order valence-corrected chi connectivity index (χ0v) is 13.2. The molecule has 2 aromatic carbocycles. The number of rotatable bonds is 7. The summed E-state index contributed by atoms with van der Waals surface area (Å²) in [5, 5.41) is 16.2. The van der Waals surface area contributed by atoms with Crippen molar-refractivity contribution in [1.82, 2.24) is 9.97 Å². The van der Waals surface area contributed by atoms with E-state index in [4.69, 9.17) is 5.11 Å². The van der Waals surface area contributed by atoms with Gasteiger partial charge >= 0.3 is 0 Å². The molecule has 0 saturated carbocycles. The third kappa shape index (κ3) is 3.97. The van der Waals surface area contributed by atoms with Gasteiger partial charge in [-0.3, -0.25) is 0 Å². The van der Waals surface area contributed by atoms with E-state index in [0.29, 0.717) is 31.3 Å². The molecule has 3 aromatic rings. The van der Waals surface area contributed by atoms with Gasteiger partial charge in [0.1, 0.15) is 11.6 Å². The monoisotopic (exact) mass is 326 g/mol. The van der Waals surface area contributed by atoms with Gasteiger partial charge in [0.2, 0.25) is 5.95 Å². The Labute approximate surface area is 139 Å². The Morgan fingerprint density at radius 1 is 0.958 bits per heavy atom. The summed E-state index contributed by atoms with van der Waals surface area (Å²) < 4.78 is 13.2. The van der Waals surface area contributed by atoms with Gasteiger partial charge in [-0.2, -0.15) is 4.98 Å². The van der Waals surface area contributed by atoms with Crippen LogP contribution in [0.3, 0.4) is 0 Å². The molecule has 124 valence electrons. The molecule has 5 nitrogen and oxygen atoms in total. The van der Waals surface area contributed by atoms with Gasteiger partial charge < -0.3 is 15.7 Å². The lowest BCUT2D eigenvalue weighted by Crippen LogP contribution is -2.12. The maximum absolute atomic E-state index is 13.2. The number of hydrogen-bond acceptors (Lipinski definition) is 5.